The van der Waals surface area contributed by atoms with E-state index in [-0.39, 0.29) is 42.7 Å². The van der Waals surface area contributed by atoms with Crippen LogP contribution in [0.2, 0.25) is 0 Å². The van der Waals surface area contributed by atoms with Crippen LogP contribution < -0.4 is 19.7 Å². The normalized spacial score (nSPS) is 14.3. The maximum Gasteiger partial charge on any atom is 0.265 e. The maximum absolute atomic E-state index is 13.3. The molecule has 0 radical (unpaired) electrons. The number of ketones is 1. The van der Waals surface area contributed by atoms with Crippen molar-refractivity contribution in [2.45, 2.75) is 32.9 Å². The Bertz CT molecular complexity index is 1290. The van der Waals surface area contributed by atoms with Crippen LogP contribution in [0.1, 0.15) is 41.4 Å². The summed E-state index contributed by atoms with van der Waals surface area (Å²) in [5, 5.41) is 2.94. The molecule has 4 rings (SSSR count). The van der Waals surface area contributed by atoms with Gasteiger partial charge in [0.05, 0.1) is 11.7 Å². The van der Waals surface area contributed by atoms with Crippen molar-refractivity contribution in [3.05, 3.63) is 89.2 Å². The fourth-order valence-electron chi connectivity index (χ4n) is 4.05. The van der Waals surface area contributed by atoms with Gasteiger partial charge < -0.3 is 14.8 Å². The van der Waals surface area contributed by atoms with Crippen molar-refractivity contribution in [3.8, 4) is 11.5 Å². The number of aryl methyl sites for hydroxylation is 1. The van der Waals surface area contributed by atoms with Gasteiger partial charge in [-0.25, -0.2) is 4.39 Å². The monoisotopic (exact) mass is 490 g/mol. The highest BCUT2D eigenvalue weighted by Crippen LogP contribution is 2.35. The second kappa shape index (κ2) is 10.6. The van der Waals surface area contributed by atoms with Crippen molar-refractivity contribution in [1.29, 1.82) is 0 Å². The summed E-state index contributed by atoms with van der Waals surface area (Å²) < 4.78 is 24.4. The van der Waals surface area contributed by atoms with Crippen LogP contribution >= 0.6 is 0 Å². The molecule has 1 N–H and O–H groups in total. The molecule has 186 valence electrons. The summed E-state index contributed by atoms with van der Waals surface area (Å²) in [5.41, 5.74) is 2.14. The fraction of sp³-hybridized carbons (Fsp3) is 0.250. The largest absolute Gasteiger partial charge is 0.485 e. The van der Waals surface area contributed by atoms with E-state index in [0.717, 1.165) is 5.56 Å². The Hall–Kier alpha value is -4.20. The van der Waals surface area contributed by atoms with Crippen LogP contribution in [0.15, 0.2) is 66.7 Å². The fourth-order valence-corrected chi connectivity index (χ4v) is 4.05. The molecular weight excluding hydrogens is 463 g/mol. The number of halogens is 1. The zero-order valence-electron chi connectivity index (χ0n) is 20.3. The third-order valence-electron chi connectivity index (χ3n) is 6.08. The first-order chi connectivity index (χ1) is 17.2. The van der Waals surface area contributed by atoms with E-state index in [0.29, 0.717) is 28.3 Å². The molecule has 3 aromatic rings. The highest BCUT2D eigenvalue weighted by molar-refractivity contribution is 6.06. The van der Waals surface area contributed by atoms with Crippen LogP contribution in [0.5, 0.6) is 11.5 Å². The molecule has 0 aliphatic carbocycles. The summed E-state index contributed by atoms with van der Waals surface area (Å²) >= 11 is 0. The molecule has 36 heavy (non-hydrogen) atoms. The summed E-state index contributed by atoms with van der Waals surface area (Å²) in [4.78, 5) is 40.1. The standard InChI is InChI=1S/C28H27FN2O5/c1-17-13-22(29)10-12-25(17)35-15-24(32)21-9-11-26-23(14-21)31(27(33)16-36-26)19(3)28(34)30-18(2)20-7-5-4-6-8-20/h4-14,18-19H,15-16H2,1-3H3,(H,30,34)/t18-,19+/m0/s1. The summed E-state index contributed by atoms with van der Waals surface area (Å²) in [6.45, 7) is 4.71. The third kappa shape index (κ3) is 5.38. The number of hydrogen-bond acceptors (Lipinski definition) is 5. The Balaban J connectivity index is 1.51. The number of carbonyl (C=O) groups excluding carboxylic acids is 3. The lowest BCUT2D eigenvalue weighted by molar-refractivity contribution is -0.127. The molecule has 7 nitrogen and oxygen atoms in total. The lowest BCUT2D eigenvalue weighted by Crippen LogP contribution is -2.51. The lowest BCUT2D eigenvalue weighted by Gasteiger charge is -2.34. The number of hydrogen-bond donors (Lipinski definition) is 1. The number of Topliss-reactive ketones (excluding diaryl/α,β-unsaturated/α-hetero) is 1. The minimum atomic E-state index is -0.838. The Morgan fingerprint density at radius 2 is 1.83 bits per heavy atom. The third-order valence-corrected chi connectivity index (χ3v) is 6.08. The number of anilines is 1. The summed E-state index contributed by atoms with van der Waals surface area (Å²) in [6, 6.07) is 17.2. The summed E-state index contributed by atoms with van der Waals surface area (Å²) in [5.74, 6) is -0.645. The molecule has 0 saturated carbocycles. The van der Waals surface area contributed by atoms with Crippen molar-refractivity contribution < 1.29 is 28.2 Å². The number of benzene rings is 3. The Morgan fingerprint density at radius 1 is 1.08 bits per heavy atom. The number of ether oxygens (including phenoxy) is 2. The predicted octanol–water partition coefficient (Wildman–Crippen LogP) is 4.39. The minimum absolute atomic E-state index is 0.209. The highest BCUT2D eigenvalue weighted by Gasteiger charge is 2.34. The maximum atomic E-state index is 13.3. The number of nitrogens with zero attached hydrogens (tertiary/aromatic N) is 1. The lowest BCUT2D eigenvalue weighted by atomic mass is 10.1. The first kappa shape index (κ1) is 24.9. The van der Waals surface area contributed by atoms with Crippen molar-refractivity contribution >= 4 is 23.3 Å². The number of fused-ring (bicyclic) bond motifs is 1. The number of nitrogens with one attached hydrogen (secondary N) is 1. The number of carbonyl (C=O) groups is 3. The quantitative estimate of drug-likeness (QED) is 0.474. The van der Waals surface area contributed by atoms with Gasteiger partial charge in [-0.15, -0.1) is 0 Å². The second-order valence-electron chi connectivity index (χ2n) is 8.67. The van der Waals surface area contributed by atoms with E-state index in [9.17, 15) is 18.8 Å². The first-order valence-corrected chi connectivity index (χ1v) is 11.6. The predicted molar refractivity (Wildman–Crippen MR) is 133 cm³/mol. The molecule has 0 saturated heterocycles. The van der Waals surface area contributed by atoms with Crippen molar-refractivity contribution in [3.63, 3.8) is 0 Å². The van der Waals surface area contributed by atoms with Crippen LogP contribution in [0.4, 0.5) is 10.1 Å². The Kier molecular flexibility index (Phi) is 7.33. The van der Waals surface area contributed by atoms with Gasteiger partial charge in [-0.1, -0.05) is 30.3 Å². The first-order valence-electron chi connectivity index (χ1n) is 11.6. The van der Waals surface area contributed by atoms with Gasteiger partial charge in [-0.3, -0.25) is 19.3 Å². The van der Waals surface area contributed by atoms with Gasteiger partial charge in [-0.2, -0.15) is 0 Å². The smallest absolute Gasteiger partial charge is 0.265 e. The topological polar surface area (TPSA) is 84.9 Å². The minimum Gasteiger partial charge on any atom is -0.485 e. The molecule has 1 heterocycles. The van der Waals surface area contributed by atoms with E-state index >= 15 is 0 Å². The van der Waals surface area contributed by atoms with Crippen molar-refractivity contribution in [2.24, 2.45) is 0 Å². The Labute approximate surface area is 208 Å². The van der Waals surface area contributed by atoms with E-state index in [4.69, 9.17) is 9.47 Å². The number of rotatable bonds is 8. The molecule has 8 heteroatoms. The molecule has 3 aromatic carbocycles. The molecule has 0 unspecified atom stereocenters. The van der Waals surface area contributed by atoms with Gasteiger partial charge in [0.25, 0.3) is 5.91 Å². The van der Waals surface area contributed by atoms with Crippen LogP contribution in [-0.2, 0) is 9.59 Å². The van der Waals surface area contributed by atoms with E-state index in [2.05, 4.69) is 5.32 Å². The second-order valence-corrected chi connectivity index (χ2v) is 8.67. The zero-order valence-corrected chi connectivity index (χ0v) is 20.3. The average Bonchev–Trinajstić information content (AvgIpc) is 2.87. The van der Waals surface area contributed by atoms with Gasteiger partial charge in [0.2, 0.25) is 5.91 Å². The van der Waals surface area contributed by atoms with Gasteiger partial charge >= 0.3 is 0 Å². The van der Waals surface area contributed by atoms with E-state index in [1.165, 1.54) is 29.2 Å². The molecule has 2 atom stereocenters. The van der Waals surface area contributed by atoms with Gasteiger partial charge in [0.15, 0.2) is 19.0 Å². The Morgan fingerprint density at radius 3 is 2.56 bits per heavy atom. The zero-order chi connectivity index (χ0) is 25.8. The van der Waals surface area contributed by atoms with Gasteiger partial charge in [-0.05, 0) is 68.3 Å². The molecule has 1 aliphatic heterocycles. The molecule has 2 amide bonds. The molecule has 0 aromatic heterocycles. The molecule has 0 bridgehead atoms. The van der Waals surface area contributed by atoms with Crippen LogP contribution in [-0.4, -0.2) is 36.9 Å². The average molecular weight is 491 g/mol. The van der Waals surface area contributed by atoms with E-state index < -0.39 is 6.04 Å². The molecule has 0 spiro atoms. The van der Waals surface area contributed by atoms with Crippen LogP contribution in [0, 0.1) is 12.7 Å². The van der Waals surface area contributed by atoms with Crippen LogP contribution in [0.3, 0.4) is 0 Å². The van der Waals surface area contributed by atoms with Gasteiger partial charge in [0, 0.05) is 5.56 Å². The van der Waals surface area contributed by atoms with Crippen LogP contribution in [0.25, 0.3) is 0 Å². The molecule has 0 fully saturated rings. The highest BCUT2D eigenvalue weighted by atomic mass is 19.1. The van der Waals surface area contributed by atoms with E-state index in [1.807, 2.05) is 37.3 Å². The molecule has 1 aliphatic rings. The van der Waals surface area contributed by atoms with E-state index in [1.54, 1.807) is 26.0 Å². The number of amides is 2. The summed E-state index contributed by atoms with van der Waals surface area (Å²) in [7, 11) is 0. The van der Waals surface area contributed by atoms with Crippen molar-refractivity contribution in [1.82, 2.24) is 5.32 Å². The van der Waals surface area contributed by atoms with Crippen molar-refractivity contribution in [2.75, 3.05) is 18.1 Å². The van der Waals surface area contributed by atoms with Gasteiger partial charge in [0.1, 0.15) is 23.4 Å². The summed E-state index contributed by atoms with van der Waals surface area (Å²) in [6.07, 6.45) is 0. The molecular formula is C28H27FN2O5. The SMILES string of the molecule is Cc1cc(F)ccc1OCC(=O)c1ccc2c(c1)N([C@H](C)C(=O)N[C@@H](C)c1ccccc1)C(=O)CO2.